The number of aliphatic hydroxyl groups is 3. The zero-order valence-corrected chi connectivity index (χ0v) is 42.2. The average Bonchev–Trinajstić information content (AvgIpc) is 3.26. The molecule has 6 fully saturated rings. The van der Waals surface area contributed by atoms with Gasteiger partial charge < -0.3 is 20.4 Å². The van der Waals surface area contributed by atoms with Gasteiger partial charge in [-0.25, -0.2) is 0 Å². The van der Waals surface area contributed by atoms with Crippen LogP contribution in [0.2, 0.25) is 0 Å². The molecule has 10 aliphatic carbocycles. The molecule has 10 rings (SSSR count). The highest BCUT2D eigenvalue weighted by molar-refractivity contribution is 6.07. The van der Waals surface area contributed by atoms with Crippen molar-refractivity contribution in [1.82, 2.24) is 0 Å². The number of carbonyl (C=O) groups is 3. The molecule has 0 bridgehead atoms. The molecule has 7 nitrogen and oxygen atoms in total. The van der Waals surface area contributed by atoms with Crippen LogP contribution in [0.3, 0.4) is 0 Å². The number of fused-ring (bicyclic) bond motifs is 14. The van der Waals surface area contributed by atoms with Crippen LogP contribution in [0, 0.1) is 66.0 Å². The highest BCUT2D eigenvalue weighted by Crippen LogP contribution is 2.77. The third-order valence-electron chi connectivity index (χ3n) is 23.0. The molecule has 0 spiro atoms. The standard InChI is InChI=1S/C30H40O3.C29H38O4/c1-18-20-8-9-23-28(5,21(20)16-22(32)25(18)33)13-15-30(7)24-17-27(4,19(2)31)11-10-26(24,3)12-14-29(23,30)6;1-17-18-7-8-21-27(4,19(18)15-20(30)23(17)31)12-14-29(6)22-16-26(3,24(32)33)10-9-25(22,2)11-13-28(21,29)5/h8-9,16,24,31,33H,2,10-15,17H2,1,3-7H3;7-8,15,22,31H,9-14,16H2,1-6H3,(H,32,33)/t24-,26-,27-,28+,29-,30+;/m1./s1. The molecule has 12 atom stereocenters. The Bertz CT molecular complexity index is 2380. The predicted octanol–water partition coefficient (Wildman–Crippen LogP) is 14.4. The molecular weight excluding hydrogens is 821 g/mol. The summed E-state index contributed by atoms with van der Waals surface area (Å²) in [5, 5.41) is 41.1. The van der Waals surface area contributed by atoms with E-state index in [1.807, 2.05) is 20.8 Å². The Kier molecular flexibility index (Phi) is 10.1. The molecule has 0 radical (unpaired) electrons. The summed E-state index contributed by atoms with van der Waals surface area (Å²) in [6.45, 7) is 31.1. The Hall–Kier alpha value is -4.13. The molecule has 0 amide bonds. The zero-order valence-electron chi connectivity index (χ0n) is 42.2. The smallest absolute Gasteiger partial charge is 0.309 e. The van der Waals surface area contributed by atoms with Crippen molar-refractivity contribution in [1.29, 1.82) is 0 Å². The van der Waals surface area contributed by atoms with Gasteiger partial charge in [-0.05, 0) is 189 Å². The Morgan fingerprint density at radius 2 is 0.894 bits per heavy atom. The fraction of sp³-hybridized carbons (Fsp3) is 0.644. The number of aliphatic hydroxyl groups excluding tert-OH is 3. The van der Waals surface area contributed by atoms with Crippen LogP contribution < -0.4 is 0 Å². The number of allylic oxidation sites excluding steroid dienone is 15. The van der Waals surface area contributed by atoms with Crippen LogP contribution in [0.25, 0.3) is 0 Å². The van der Waals surface area contributed by atoms with Gasteiger partial charge in [0.15, 0.2) is 11.5 Å². The molecule has 66 heavy (non-hydrogen) atoms. The lowest BCUT2D eigenvalue weighted by molar-refractivity contribution is -0.178. The van der Waals surface area contributed by atoms with Gasteiger partial charge in [0.2, 0.25) is 11.6 Å². The van der Waals surface area contributed by atoms with E-state index in [1.54, 1.807) is 12.2 Å². The van der Waals surface area contributed by atoms with E-state index in [1.165, 1.54) is 17.6 Å². The first-order valence-corrected chi connectivity index (χ1v) is 25.3. The molecule has 0 saturated heterocycles. The summed E-state index contributed by atoms with van der Waals surface area (Å²) in [5.74, 6) is -0.256. The largest absolute Gasteiger partial charge is 0.512 e. The summed E-state index contributed by atoms with van der Waals surface area (Å²) in [5.41, 5.74) is 7.61. The number of ketones is 2. The van der Waals surface area contributed by atoms with Gasteiger partial charge in [0.05, 0.1) is 11.2 Å². The minimum absolute atomic E-state index is 0.0000746. The quantitative estimate of drug-likeness (QED) is 0.203. The van der Waals surface area contributed by atoms with Gasteiger partial charge in [-0.3, -0.25) is 14.4 Å². The maximum Gasteiger partial charge on any atom is 0.309 e. The molecule has 7 heteroatoms. The number of hydrogen-bond donors (Lipinski definition) is 4. The zero-order chi connectivity index (χ0) is 48.4. The fourth-order valence-electron chi connectivity index (χ4n) is 17.4. The minimum Gasteiger partial charge on any atom is -0.512 e. The van der Waals surface area contributed by atoms with Gasteiger partial charge in [0.1, 0.15) is 0 Å². The molecule has 0 aliphatic heterocycles. The van der Waals surface area contributed by atoms with E-state index in [2.05, 4.69) is 93.2 Å². The second-order valence-electron chi connectivity index (χ2n) is 26.0. The Morgan fingerprint density at radius 3 is 1.27 bits per heavy atom. The van der Waals surface area contributed by atoms with Crippen molar-refractivity contribution >= 4 is 17.5 Å². The van der Waals surface area contributed by atoms with E-state index >= 15 is 0 Å². The van der Waals surface area contributed by atoms with Gasteiger partial charge in [-0.1, -0.05) is 104 Å². The topological polar surface area (TPSA) is 132 Å². The van der Waals surface area contributed by atoms with Crippen LogP contribution in [0.1, 0.15) is 173 Å². The third-order valence-corrected chi connectivity index (χ3v) is 23.0. The van der Waals surface area contributed by atoms with Gasteiger partial charge >= 0.3 is 5.97 Å². The molecule has 356 valence electrons. The normalized spacial score (nSPS) is 46.8. The molecular formula is C59H78O7. The first-order chi connectivity index (χ1) is 30.4. The molecule has 0 aromatic carbocycles. The number of carboxylic acids is 1. The molecule has 0 aromatic rings. The molecule has 6 saturated carbocycles. The molecule has 0 aromatic heterocycles. The molecule has 0 heterocycles. The van der Waals surface area contributed by atoms with Crippen LogP contribution in [0.15, 0.2) is 105 Å². The van der Waals surface area contributed by atoms with Crippen LogP contribution in [0.5, 0.6) is 0 Å². The Labute approximate surface area is 394 Å². The lowest BCUT2D eigenvalue weighted by Gasteiger charge is -2.70. The molecule has 10 aliphatic rings. The van der Waals surface area contributed by atoms with Crippen molar-refractivity contribution in [2.75, 3.05) is 0 Å². The van der Waals surface area contributed by atoms with E-state index < -0.39 is 11.4 Å². The summed E-state index contributed by atoms with van der Waals surface area (Å²) in [6.07, 6.45) is 26.5. The SMILES string of the molecule is C=C(O)[C@]1(C)CC[C@]2(C)CC[C@]3(C)C4=CC=C5C(=CC(=O)C(O)=C5C)[C@]4(C)CC[C@@]3(C)[C@@H]2C1.CC1=C(O)C(=O)C=C2C1=CC=C1C2(C)CCC2(C)C3CC(C)(C(=O)O)CCC3(C)CCC12C. The second kappa shape index (κ2) is 14.2. The number of aliphatic carboxylic acids is 1. The number of carboxylic acid groups (broad SMARTS) is 1. The number of hydrogen-bond acceptors (Lipinski definition) is 6. The van der Waals surface area contributed by atoms with Crippen molar-refractivity contribution in [3.05, 3.63) is 105 Å². The summed E-state index contributed by atoms with van der Waals surface area (Å²) < 4.78 is 0. The Morgan fingerprint density at radius 1 is 0.530 bits per heavy atom. The maximum atomic E-state index is 12.6. The Balaban J connectivity index is 0.000000166. The van der Waals surface area contributed by atoms with Crippen molar-refractivity contribution in [3.8, 4) is 0 Å². The van der Waals surface area contributed by atoms with Gasteiger partial charge in [-0.15, -0.1) is 0 Å². The summed E-state index contributed by atoms with van der Waals surface area (Å²) in [6, 6.07) is 0. The van der Waals surface area contributed by atoms with E-state index in [9.17, 15) is 34.8 Å². The van der Waals surface area contributed by atoms with Crippen LogP contribution >= 0.6 is 0 Å². The van der Waals surface area contributed by atoms with Crippen molar-refractivity contribution < 1.29 is 34.8 Å². The number of carbonyl (C=O) groups excluding carboxylic acids is 2. The van der Waals surface area contributed by atoms with E-state index in [-0.39, 0.29) is 66.4 Å². The second-order valence-corrected chi connectivity index (χ2v) is 26.0. The highest BCUT2D eigenvalue weighted by atomic mass is 16.4. The minimum atomic E-state index is -0.655. The lowest BCUT2D eigenvalue weighted by Crippen LogP contribution is -2.62. The van der Waals surface area contributed by atoms with E-state index in [0.717, 1.165) is 106 Å². The van der Waals surface area contributed by atoms with Crippen LogP contribution in [0.4, 0.5) is 0 Å². The highest BCUT2D eigenvalue weighted by Gasteiger charge is 2.69. The predicted molar refractivity (Wildman–Crippen MR) is 261 cm³/mol. The van der Waals surface area contributed by atoms with Crippen LogP contribution in [-0.2, 0) is 14.4 Å². The van der Waals surface area contributed by atoms with Crippen molar-refractivity contribution in [3.63, 3.8) is 0 Å². The van der Waals surface area contributed by atoms with Gasteiger partial charge in [-0.2, -0.15) is 0 Å². The lowest BCUT2D eigenvalue weighted by atomic mass is 9.34. The summed E-state index contributed by atoms with van der Waals surface area (Å²) in [7, 11) is 0. The average molecular weight is 899 g/mol. The monoisotopic (exact) mass is 899 g/mol. The summed E-state index contributed by atoms with van der Waals surface area (Å²) in [4.78, 5) is 37.4. The first kappa shape index (κ1) is 47.0. The van der Waals surface area contributed by atoms with Gasteiger partial charge in [0.25, 0.3) is 0 Å². The molecule has 6 unspecified atom stereocenters. The third kappa shape index (κ3) is 5.88. The van der Waals surface area contributed by atoms with Crippen molar-refractivity contribution in [2.45, 2.75) is 173 Å². The first-order valence-electron chi connectivity index (χ1n) is 25.3. The maximum absolute atomic E-state index is 12.6. The fourth-order valence-corrected chi connectivity index (χ4v) is 17.4. The number of rotatable bonds is 2. The van der Waals surface area contributed by atoms with Gasteiger partial charge in [0, 0.05) is 27.4 Å². The van der Waals surface area contributed by atoms with E-state index in [0.29, 0.717) is 34.2 Å². The van der Waals surface area contributed by atoms with Crippen LogP contribution in [-0.4, -0.2) is 38.0 Å². The summed E-state index contributed by atoms with van der Waals surface area (Å²) >= 11 is 0. The molecule has 4 N–H and O–H groups in total. The van der Waals surface area contributed by atoms with Crippen molar-refractivity contribution in [2.24, 2.45) is 66.0 Å². The van der Waals surface area contributed by atoms with E-state index in [4.69, 9.17) is 0 Å².